The molecule has 2 saturated heterocycles. The molecule has 2 aromatic rings. The minimum absolute atomic E-state index is 0.106. The van der Waals surface area contributed by atoms with Crippen molar-refractivity contribution in [1.82, 2.24) is 14.8 Å². The number of pyridine rings is 1. The molecule has 0 atom stereocenters. The Balaban J connectivity index is 1.31. The lowest BCUT2D eigenvalue weighted by atomic mass is 10.1. The van der Waals surface area contributed by atoms with E-state index in [4.69, 9.17) is 16.3 Å². The number of likely N-dealkylation sites (tertiary alicyclic amines) is 2. The Hall–Kier alpha value is -2.11. The predicted molar refractivity (Wildman–Crippen MR) is 101 cm³/mol. The van der Waals surface area contributed by atoms with Crippen LogP contribution in [0.15, 0.2) is 42.6 Å². The van der Waals surface area contributed by atoms with Crippen LogP contribution in [0, 0.1) is 0 Å². The highest BCUT2D eigenvalue weighted by atomic mass is 35.5. The highest BCUT2D eigenvalue weighted by Crippen LogP contribution is 2.23. The molecule has 0 bridgehead atoms. The summed E-state index contributed by atoms with van der Waals surface area (Å²) in [5.74, 6) is 0.869. The zero-order valence-corrected chi connectivity index (χ0v) is 15.4. The van der Waals surface area contributed by atoms with Crippen LogP contribution >= 0.6 is 11.6 Å². The zero-order chi connectivity index (χ0) is 17.9. The summed E-state index contributed by atoms with van der Waals surface area (Å²) < 4.78 is 6.04. The van der Waals surface area contributed by atoms with Crippen molar-refractivity contribution in [2.24, 2.45) is 0 Å². The second-order valence-corrected chi connectivity index (χ2v) is 7.27. The van der Waals surface area contributed by atoms with Crippen LogP contribution in [0.3, 0.4) is 0 Å². The Bertz CT molecular complexity index is 786. The molecule has 0 spiro atoms. The number of ether oxygens (including phenoxy) is 1. The molecule has 0 saturated carbocycles. The first-order valence-corrected chi connectivity index (χ1v) is 9.44. The predicted octanol–water partition coefficient (Wildman–Crippen LogP) is 3.23. The summed E-state index contributed by atoms with van der Waals surface area (Å²) in [4.78, 5) is 20.8. The molecule has 1 aromatic heterocycles. The number of aromatic nitrogens is 1. The Kier molecular flexibility index (Phi) is 5.09. The zero-order valence-electron chi connectivity index (χ0n) is 14.6. The van der Waals surface area contributed by atoms with Crippen molar-refractivity contribution in [3.8, 4) is 5.75 Å². The lowest BCUT2D eigenvalue weighted by Crippen LogP contribution is -2.53. The van der Waals surface area contributed by atoms with Crippen LogP contribution in [0.25, 0.3) is 0 Å². The van der Waals surface area contributed by atoms with Crippen molar-refractivity contribution in [2.45, 2.75) is 25.5 Å². The van der Waals surface area contributed by atoms with Gasteiger partial charge in [0.15, 0.2) is 0 Å². The van der Waals surface area contributed by atoms with Crippen LogP contribution in [0.5, 0.6) is 5.75 Å². The molecule has 26 heavy (non-hydrogen) atoms. The molecule has 1 amide bonds. The maximum absolute atomic E-state index is 12.5. The van der Waals surface area contributed by atoms with Gasteiger partial charge in [0.2, 0.25) is 0 Å². The van der Waals surface area contributed by atoms with Crippen LogP contribution in [0.2, 0.25) is 5.15 Å². The fraction of sp³-hybridized carbons (Fsp3) is 0.400. The van der Waals surface area contributed by atoms with E-state index >= 15 is 0 Å². The van der Waals surface area contributed by atoms with Gasteiger partial charge in [0, 0.05) is 50.0 Å². The van der Waals surface area contributed by atoms with E-state index in [0.29, 0.717) is 10.7 Å². The monoisotopic (exact) mass is 371 g/mol. The SMILES string of the molecule is O=C(c1cccc(OC2CN(Cc3cccnc3Cl)C2)c1)N1CCCC1. The smallest absolute Gasteiger partial charge is 0.253 e. The standard InChI is InChI=1S/C20H22ClN3O2/c21-19-16(6-4-8-22-19)12-23-13-18(14-23)26-17-7-3-5-15(11-17)20(25)24-9-1-2-10-24/h3-8,11,18H,1-2,9-10,12-14H2. The topological polar surface area (TPSA) is 45.7 Å². The van der Waals surface area contributed by atoms with E-state index in [9.17, 15) is 4.79 Å². The van der Waals surface area contributed by atoms with Gasteiger partial charge in [0.05, 0.1) is 0 Å². The Morgan fingerprint density at radius 3 is 2.77 bits per heavy atom. The summed E-state index contributed by atoms with van der Waals surface area (Å²) in [6.45, 7) is 4.18. The van der Waals surface area contributed by atoms with Crippen molar-refractivity contribution in [1.29, 1.82) is 0 Å². The fourth-order valence-electron chi connectivity index (χ4n) is 3.50. The molecule has 0 radical (unpaired) electrons. The van der Waals surface area contributed by atoms with Gasteiger partial charge in [0.1, 0.15) is 17.0 Å². The van der Waals surface area contributed by atoms with Crippen LogP contribution in [-0.4, -0.2) is 53.0 Å². The van der Waals surface area contributed by atoms with Gasteiger partial charge in [0.25, 0.3) is 5.91 Å². The van der Waals surface area contributed by atoms with E-state index < -0.39 is 0 Å². The van der Waals surface area contributed by atoms with Gasteiger partial charge in [-0.2, -0.15) is 0 Å². The van der Waals surface area contributed by atoms with Crippen LogP contribution in [0.4, 0.5) is 0 Å². The molecule has 0 unspecified atom stereocenters. The number of carbonyl (C=O) groups is 1. The van der Waals surface area contributed by atoms with Gasteiger partial charge >= 0.3 is 0 Å². The van der Waals surface area contributed by atoms with Crippen molar-refractivity contribution < 1.29 is 9.53 Å². The second-order valence-electron chi connectivity index (χ2n) is 6.91. The summed E-state index contributed by atoms with van der Waals surface area (Å²) in [7, 11) is 0. The lowest BCUT2D eigenvalue weighted by molar-refractivity contribution is 0.0144. The highest BCUT2D eigenvalue weighted by molar-refractivity contribution is 6.30. The molecule has 2 aliphatic rings. The maximum atomic E-state index is 12.5. The number of hydrogen-bond acceptors (Lipinski definition) is 4. The van der Waals surface area contributed by atoms with Gasteiger partial charge in [-0.3, -0.25) is 9.69 Å². The van der Waals surface area contributed by atoms with E-state index in [2.05, 4.69) is 9.88 Å². The minimum Gasteiger partial charge on any atom is -0.488 e. The third-order valence-electron chi connectivity index (χ3n) is 4.93. The van der Waals surface area contributed by atoms with Crippen LogP contribution in [-0.2, 0) is 6.54 Å². The Morgan fingerprint density at radius 2 is 2.00 bits per heavy atom. The fourth-order valence-corrected chi connectivity index (χ4v) is 3.68. The summed E-state index contributed by atoms with van der Waals surface area (Å²) in [6.07, 6.45) is 4.04. The largest absolute Gasteiger partial charge is 0.488 e. The molecule has 4 rings (SSSR count). The average molecular weight is 372 g/mol. The minimum atomic E-state index is 0.106. The van der Waals surface area contributed by atoms with Crippen molar-refractivity contribution >= 4 is 17.5 Å². The number of carbonyl (C=O) groups excluding carboxylic acids is 1. The number of benzene rings is 1. The van der Waals surface area contributed by atoms with Gasteiger partial charge in [-0.15, -0.1) is 0 Å². The van der Waals surface area contributed by atoms with Gasteiger partial charge in [-0.05, 0) is 37.1 Å². The molecule has 2 fully saturated rings. The molecular formula is C20H22ClN3O2. The molecule has 5 nitrogen and oxygen atoms in total. The summed E-state index contributed by atoms with van der Waals surface area (Å²) in [5, 5.41) is 0.560. The van der Waals surface area contributed by atoms with Gasteiger partial charge in [-0.25, -0.2) is 4.98 Å². The molecule has 6 heteroatoms. The molecule has 3 heterocycles. The van der Waals surface area contributed by atoms with Crippen LogP contribution < -0.4 is 4.74 Å². The first-order chi connectivity index (χ1) is 12.7. The molecule has 136 valence electrons. The van der Waals surface area contributed by atoms with E-state index in [0.717, 1.165) is 56.9 Å². The second kappa shape index (κ2) is 7.64. The highest BCUT2D eigenvalue weighted by Gasteiger charge is 2.29. The van der Waals surface area contributed by atoms with E-state index in [-0.39, 0.29) is 12.0 Å². The normalized spacial score (nSPS) is 18.0. The first kappa shape index (κ1) is 17.3. The molecule has 0 aliphatic carbocycles. The molecule has 0 N–H and O–H groups in total. The average Bonchev–Trinajstić information content (AvgIpc) is 3.16. The van der Waals surface area contributed by atoms with E-state index in [1.165, 1.54) is 0 Å². The third kappa shape index (κ3) is 3.84. The number of rotatable bonds is 5. The van der Waals surface area contributed by atoms with Crippen molar-refractivity contribution in [2.75, 3.05) is 26.2 Å². The quantitative estimate of drug-likeness (QED) is 0.757. The summed E-state index contributed by atoms with van der Waals surface area (Å²) in [5.41, 5.74) is 1.74. The van der Waals surface area contributed by atoms with Gasteiger partial charge in [-0.1, -0.05) is 23.7 Å². The number of halogens is 1. The maximum Gasteiger partial charge on any atom is 0.253 e. The van der Waals surface area contributed by atoms with Gasteiger partial charge < -0.3 is 9.64 Å². The first-order valence-electron chi connectivity index (χ1n) is 9.07. The van der Waals surface area contributed by atoms with Crippen LogP contribution in [0.1, 0.15) is 28.8 Å². The van der Waals surface area contributed by atoms with Crippen molar-refractivity contribution in [3.05, 3.63) is 58.9 Å². The summed E-state index contributed by atoms with van der Waals surface area (Å²) >= 11 is 6.11. The number of amides is 1. The Morgan fingerprint density at radius 1 is 1.19 bits per heavy atom. The van der Waals surface area contributed by atoms with E-state index in [1.807, 2.05) is 41.3 Å². The number of hydrogen-bond donors (Lipinski definition) is 0. The third-order valence-corrected chi connectivity index (χ3v) is 5.27. The molecule has 1 aromatic carbocycles. The van der Waals surface area contributed by atoms with E-state index in [1.54, 1.807) is 6.20 Å². The van der Waals surface area contributed by atoms with Crippen molar-refractivity contribution in [3.63, 3.8) is 0 Å². The summed E-state index contributed by atoms with van der Waals surface area (Å²) in [6, 6.07) is 11.4. The Labute approximate surface area is 158 Å². The molecular weight excluding hydrogens is 350 g/mol. The lowest BCUT2D eigenvalue weighted by Gasteiger charge is -2.39. The number of nitrogens with zero attached hydrogens (tertiary/aromatic N) is 3. The molecule has 2 aliphatic heterocycles.